The summed E-state index contributed by atoms with van der Waals surface area (Å²) in [6, 6.07) is 1.67. The van der Waals surface area contributed by atoms with Crippen LogP contribution in [-0.2, 0) is 0 Å². The SMILES string of the molecule is CC1C2CCCCC2NC2CCNCC21. The summed E-state index contributed by atoms with van der Waals surface area (Å²) in [6.45, 7) is 4.98. The second-order valence-corrected chi connectivity index (χ2v) is 5.84. The number of nitrogens with one attached hydrogen (secondary N) is 2. The van der Waals surface area contributed by atoms with Crippen LogP contribution in [0.25, 0.3) is 0 Å². The van der Waals surface area contributed by atoms with Crippen LogP contribution in [0.2, 0.25) is 0 Å². The summed E-state index contributed by atoms with van der Waals surface area (Å²) in [5.74, 6) is 2.81. The Bertz CT molecular complexity index is 207. The maximum Gasteiger partial charge on any atom is 0.0125 e. The van der Waals surface area contributed by atoms with Crippen molar-refractivity contribution in [1.29, 1.82) is 0 Å². The molecule has 1 aliphatic carbocycles. The number of piperidine rings is 2. The fraction of sp³-hybridized carbons (Fsp3) is 1.00. The number of hydrogen-bond donors (Lipinski definition) is 2. The minimum Gasteiger partial charge on any atom is -0.316 e. The molecule has 0 aromatic carbocycles. The lowest BCUT2D eigenvalue weighted by Crippen LogP contribution is -2.61. The van der Waals surface area contributed by atoms with E-state index in [4.69, 9.17) is 0 Å². The number of rotatable bonds is 0. The Labute approximate surface area is 93.2 Å². The standard InChI is InChI=1S/C13H24N2/c1-9-10-4-2-3-5-12(10)15-13-6-7-14-8-11(9)13/h9-15H,2-8H2,1H3. The lowest BCUT2D eigenvalue weighted by atomic mass is 9.65. The van der Waals surface area contributed by atoms with Crippen LogP contribution in [0.15, 0.2) is 0 Å². The van der Waals surface area contributed by atoms with Gasteiger partial charge in [0.15, 0.2) is 0 Å². The van der Waals surface area contributed by atoms with Gasteiger partial charge in [-0.1, -0.05) is 19.8 Å². The van der Waals surface area contributed by atoms with Crippen LogP contribution in [0.5, 0.6) is 0 Å². The highest BCUT2D eigenvalue weighted by Gasteiger charge is 2.43. The van der Waals surface area contributed by atoms with E-state index in [0.29, 0.717) is 0 Å². The van der Waals surface area contributed by atoms with Crippen LogP contribution in [0.4, 0.5) is 0 Å². The smallest absolute Gasteiger partial charge is 0.0125 e. The Hall–Kier alpha value is -0.0800. The largest absolute Gasteiger partial charge is 0.316 e. The van der Waals surface area contributed by atoms with E-state index in [0.717, 1.165) is 29.8 Å². The monoisotopic (exact) mass is 208 g/mol. The maximum absolute atomic E-state index is 3.95. The Kier molecular flexibility index (Phi) is 2.73. The third kappa shape index (κ3) is 1.72. The second kappa shape index (κ2) is 4.06. The van der Waals surface area contributed by atoms with Gasteiger partial charge in [0.2, 0.25) is 0 Å². The zero-order chi connectivity index (χ0) is 10.3. The molecule has 3 rings (SSSR count). The Morgan fingerprint density at radius 3 is 2.67 bits per heavy atom. The summed E-state index contributed by atoms with van der Waals surface area (Å²) >= 11 is 0. The molecule has 2 saturated heterocycles. The summed E-state index contributed by atoms with van der Waals surface area (Å²) in [7, 11) is 0. The summed E-state index contributed by atoms with van der Waals surface area (Å²) < 4.78 is 0. The molecule has 1 saturated carbocycles. The second-order valence-electron chi connectivity index (χ2n) is 5.84. The normalized spacial score (nSPS) is 50.6. The van der Waals surface area contributed by atoms with Gasteiger partial charge >= 0.3 is 0 Å². The molecule has 0 aromatic heterocycles. The fourth-order valence-corrected chi connectivity index (χ4v) is 4.23. The van der Waals surface area contributed by atoms with Crippen molar-refractivity contribution in [3.8, 4) is 0 Å². The highest BCUT2D eigenvalue weighted by atomic mass is 15.0. The van der Waals surface area contributed by atoms with Crippen molar-refractivity contribution >= 4 is 0 Å². The van der Waals surface area contributed by atoms with Crippen molar-refractivity contribution < 1.29 is 0 Å². The van der Waals surface area contributed by atoms with E-state index in [9.17, 15) is 0 Å². The zero-order valence-corrected chi connectivity index (χ0v) is 9.84. The topological polar surface area (TPSA) is 24.1 Å². The quantitative estimate of drug-likeness (QED) is 0.634. The molecule has 3 fully saturated rings. The molecular formula is C13H24N2. The predicted molar refractivity (Wildman–Crippen MR) is 62.8 cm³/mol. The average molecular weight is 208 g/mol. The van der Waals surface area contributed by atoms with Crippen molar-refractivity contribution in [3.05, 3.63) is 0 Å². The highest BCUT2D eigenvalue weighted by molar-refractivity contribution is 4.99. The van der Waals surface area contributed by atoms with Crippen LogP contribution < -0.4 is 10.6 Å². The molecule has 0 radical (unpaired) electrons. The van der Waals surface area contributed by atoms with E-state index >= 15 is 0 Å². The molecule has 2 aliphatic heterocycles. The van der Waals surface area contributed by atoms with Gasteiger partial charge in [-0.15, -0.1) is 0 Å². The summed E-state index contributed by atoms with van der Waals surface area (Å²) in [4.78, 5) is 0. The van der Waals surface area contributed by atoms with E-state index in [1.807, 2.05) is 0 Å². The van der Waals surface area contributed by atoms with E-state index in [1.54, 1.807) is 0 Å². The van der Waals surface area contributed by atoms with E-state index in [-0.39, 0.29) is 0 Å². The lowest BCUT2D eigenvalue weighted by Gasteiger charge is -2.51. The molecule has 2 nitrogen and oxygen atoms in total. The van der Waals surface area contributed by atoms with Gasteiger partial charge in [0.1, 0.15) is 0 Å². The van der Waals surface area contributed by atoms with Gasteiger partial charge in [0, 0.05) is 12.1 Å². The van der Waals surface area contributed by atoms with Crippen molar-refractivity contribution in [3.63, 3.8) is 0 Å². The van der Waals surface area contributed by atoms with Gasteiger partial charge < -0.3 is 10.6 Å². The predicted octanol–water partition coefficient (Wildman–Crippen LogP) is 1.76. The minimum absolute atomic E-state index is 0.820. The van der Waals surface area contributed by atoms with Crippen LogP contribution >= 0.6 is 0 Å². The number of hydrogen-bond acceptors (Lipinski definition) is 2. The molecule has 0 bridgehead atoms. The van der Waals surface area contributed by atoms with Gasteiger partial charge in [-0.25, -0.2) is 0 Å². The van der Waals surface area contributed by atoms with Crippen LogP contribution in [0, 0.1) is 17.8 Å². The molecule has 0 spiro atoms. The molecule has 3 aliphatic rings. The van der Waals surface area contributed by atoms with Gasteiger partial charge in [-0.05, 0) is 50.1 Å². The molecule has 5 atom stereocenters. The van der Waals surface area contributed by atoms with Crippen LogP contribution in [0.3, 0.4) is 0 Å². The zero-order valence-electron chi connectivity index (χ0n) is 9.84. The average Bonchev–Trinajstić information content (AvgIpc) is 2.30. The summed E-state index contributed by atoms with van der Waals surface area (Å²) in [6.07, 6.45) is 7.18. The Morgan fingerprint density at radius 1 is 0.933 bits per heavy atom. The van der Waals surface area contributed by atoms with Crippen molar-refractivity contribution in [2.75, 3.05) is 13.1 Å². The molecule has 0 aromatic rings. The molecule has 2 N–H and O–H groups in total. The minimum atomic E-state index is 0.820. The van der Waals surface area contributed by atoms with Gasteiger partial charge in [-0.3, -0.25) is 0 Å². The van der Waals surface area contributed by atoms with Crippen LogP contribution in [0.1, 0.15) is 39.0 Å². The molecule has 0 amide bonds. The summed E-state index contributed by atoms with van der Waals surface area (Å²) in [5.41, 5.74) is 0. The lowest BCUT2D eigenvalue weighted by molar-refractivity contribution is 0.0449. The Balaban J connectivity index is 1.76. The summed E-state index contributed by atoms with van der Waals surface area (Å²) in [5, 5.41) is 7.52. The first-order chi connectivity index (χ1) is 7.36. The third-order valence-corrected chi connectivity index (χ3v) is 5.13. The van der Waals surface area contributed by atoms with Crippen LogP contribution in [-0.4, -0.2) is 25.2 Å². The van der Waals surface area contributed by atoms with Crippen molar-refractivity contribution in [2.45, 2.75) is 51.1 Å². The first kappa shape index (κ1) is 10.1. The first-order valence-corrected chi connectivity index (χ1v) is 6.83. The van der Waals surface area contributed by atoms with Gasteiger partial charge in [0.25, 0.3) is 0 Å². The Morgan fingerprint density at radius 2 is 1.73 bits per heavy atom. The molecular weight excluding hydrogens is 184 g/mol. The van der Waals surface area contributed by atoms with E-state index in [1.165, 1.54) is 45.2 Å². The van der Waals surface area contributed by atoms with Crippen molar-refractivity contribution in [2.24, 2.45) is 17.8 Å². The molecule has 5 unspecified atom stereocenters. The van der Waals surface area contributed by atoms with Gasteiger partial charge in [-0.2, -0.15) is 0 Å². The molecule has 86 valence electrons. The number of fused-ring (bicyclic) bond motifs is 2. The fourth-order valence-electron chi connectivity index (χ4n) is 4.23. The molecule has 15 heavy (non-hydrogen) atoms. The molecule has 2 heterocycles. The first-order valence-electron chi connectivity index (χ1n) is 6.83. The van der Waals surface area contributed by atoms with E-state index in [2.05, 4.69) is 17.6 Å². The van der Waals surface area contributed by atoms with E-state index < -0.39 is 0 Å². The maximum atomic E-state index is 3.95. The van der Waals surface area contributed by atoms with Crippen molar-refractivity contribution in [1.82, 2.24) is 10.6 Å². The van der Waals surface area contributed by atoms with Gasteiger partial charge in [0.05, 0.1) is 0 Å². The highest BCUT2D eigenvalue weighted by Crippen LogP contribution is 2.40. The molecule has 2 heteroatoms. The third-order valence-electron chi connectivity index (χ3n) is 5.13.